The molecule has 1 aliphatic rings. The van der Waals surface area contributed by atoms with Crippen LogP contribution in [0, 0.1) is 5.92 Å². The van der Waals surface area contributed by atoms with Crippen molar-refractivity contribution in [1.82, 2.24) is 0 Å². The number of benzene rings is 2. The highest BCUT2D eigenvalue weighted by Gasteiger charge is 2.35. The quantitative estimate of drug-likeness (QED) is 0.882. The predicted molar refractivity (Wildman–Crippen MR) is 82.7 cm³/mol. The molecule has 0 aliphatic carbocycles. The Labute approximate surface area is 133 Å². The summed E-state index contributed by atoms with van der Waals surface area (Å²) in [4.78, 5) is 12.6. The Morgan fingerprint density at radius 2 is 2.14 bits per heavy atom. The van der Waals surface area contributed by atoms with Gasteiger partial charge in [-0.25, -0.2) is 0 Å². The lowest BCUT2D eigenvalue weighted by Crippen LogP contribution is -2.32. The van der Waals surface area contributed by atoms with E-state index in [1.165, 1.54) is 0 Å². The molecule has 1 aliphatic heterocycles. The van der Waals surface area contributed by atoms with Crippen LogP contribution in [0.4, 0.5) is 0 Å². The smallest absolute Gasteiger partial charge is 0.172 e. The summed E-state index contributed by atoms with van der Waals surface area (Å²) in [5.74, 6) is 0.308. The highest BCUT2D eigenvalue weighted by Crippen LogP contribution is 2.38. The number of aliphatic hydroxyl groups excluding tert-OH is 1. The van der Waals surface area contributed by atoms with Gasteiger partial charge in [0.25, 0.3) is 0 Å². The third kappa shape index (κ3) is 2.67. The van der Waals surface area contributed by atoms with Gasteiger partial charge in [0.2, 0.25) is 0 Å². The summed E-state index contributed by atoms with van der Waals surface area (Å²) in [5, 5.41) is 11.0. The van der Waals surface area contributed by atoms with Gasteiger partial charge < -0.3 is 14.6 Å². The van der Waals surface area contributed by atoms with Gasteiger partial charge >= 0.3 is 0 Å². The van der Waals surface area contributed by atoms with Crippen LogP contribution in [-0.2, 0) is 0 Å². The van der Waals surface area contributed by atoms with E-state index in [2.05, 4.69) is 0 Å². The first-order chi connectivity index (χ1) is 10.6. The number of halogens is 1. The highest BCUT2D eigenvalue weighted by atomic mass is 35.5. The molecule has 114 valence electrons. The van der Waals surface area contributed by atoms with E-state index in [9.17, 15) is 9.90 Å². The van der Waals surface area contributed by atoms with Crippen molar-refractivity contribution in [3.05, 3.63) is 58.6 Å². The SMILES string of the molecule is COc1cccc(C(=O)C2COc3ccc(Cl)cc3C2O)c1. The van der Waals surface area contributed by atoms with Crippen LogP contribution in [0.1, 0.15) is 22.0 Å². The van der Waals surface area contributed by atoms with Crippen LogP contribution in [0.3, 0.4) is 0 Å². The third-order valence-corrected chi connectivity index (χ3v) is 4.02. The van der Waals surface area contributed by atoms with Crippen molar-refractivity contribution < 1.29 is 19.4 Å². The molecule has 5 heteroatoms. The van der Waals surface area contributed by atoms with Gasteiger partial charge in [0.05, 0.1) is 19.1 Å². The van der Waals surface area contributed by atoms with E-state index in [1.54, 1.807) is 49.6 Å². The minimum atomic E-state index is -0.943. The fraction of sp³-hybridized carbons (Fsp3) is 0.235. The molecule has 2 aromatic carbocycles. The number of hydrogen-bond acceptors (Lipinski definition) is 4. The normalized spacial score (nSPS) is 20.0. The molecule has 22 heavy (non-hydrogen) atoms. The van der Waals surface area contributed by atoms with Gasteiger partial charge in [-0.3, -0.25) is 4.79 Å². The molecule has 2 atom stereocenters. The van der Waals surface area contributed by atoms with Gasteiger partial charge in [-0.15, -0.1) is 0 Å². The van der Waals surface area contributed by atoms with Crippen LogP contribution in [0.5, 0.6) is 11.5 Å². The molecular weight excluding hydrogens is 304 g/mol. The van der Waals surface area contributed by atoms with E-state index in [0.29, 0.717) is 27.6 Å². The Kier molecular flexibility index (Phi) is 4.05. The van der Waals surface area contributed by atoms with Gasteiger partial charge in [-0.2, -0.15) is 0 Å². The van der Waals surface area contributed by atoms with Crippen molar-refractivity contribution in [2.75, 3.05) is 13.7 Å². The molecule has 1 N–H and O–H groups in total. The van der Waals surface area contributed by atoms with Crippen molar-refractivity contribution in [3.8, 4) is 11.5 Å². The van der Waals surface area contributed by atoms with E-state index in [4.69, 9.17) is 21.1 Å². The van der Waals surface area contributed by atoms with E-state index in [0.717, 1.165) is 0 Å². The first kappa shape index (κ1) is 14.9. The molecular formula is C17H15ClO4. The second kappa shape index (κ2) is 5.99. The summed E-state index contributed by atoms with van der Waals surface area (Å²) in [7, 11) is 1.54. The minimum absolute atomic E-state index is 0.131. The average molecular weight is 319 g/mol. The Balaban J connectivity index is 1.90. The number of fused-ring (bicyclic) bond motifs is 1. The zero-order valence-electron chi connectivity index (χ0n) is 12.0. The lowest BCUT2D eigenvalue weighted by molar-refractivity contribution is 0.0418. The van der Waals surface area contributed by atoms with E-state index >= 15 is 0 Å². The number of methoxy groups -OCH3 is 1. The Bertz CT molecular complexity index is 714. The van der Waals surface area contributed by atoms with Crippen molar-refractivity contribution in [2.24, 2.45) is 5.92 Å². The lowest BCUT2D eigenvalue weighted by atomic mass is 9.87. The van der Waals surface area contributed by atoms with Crippen LogP contribution < -0.4 is 9.47 Å². The molecule has 0 fully saturated rings. The highest BCUT2D eigenvalue weighted by molar-refractivity contribution is 6.30. The van der Waals surface area contributed by atoms with Gasteiger partial charge in [0.15, 0.2) is 5.78 Å². The van der Waals surface area contributed by atoms with Gasteiger partial charge in [0, 0.05) is 16.1 Å². The number of rotatable bonds is 3. The van der Waals surface area contributed by atoms with Crippen LogP contribution in [0.2, 0.25) is 5.02 Å². The molecule has 3 rings (SSSR count). The maximum atomic E-state index is 12.6. The fourth-order valence-electron chi connectivity index (χ4n) is 2.58. The molecule has 1 heterocycles. The molecule has 4 nitrogen and oxygen atoms in total. The number of carbonyl (C=O) groups is 1. The van der Waals surface area contributed by atoms with Gasteiger partial charge in [-0.05, 0) is 30.3 Å². The standard InChI is InChI=1S/C17H15ClO4/c1-21-12-4-2-3-10(7-12)16(19)14-9-22-15-6-5-11(18)8-13(15)17(14)20/h2-8,14,17,20H,9H2,1H3. The van der Waals surface area contributed by atoms with E-state index < -0.39 is 12.0 Å². The molecule has 0 aromatic heterocycles. The monoisotopic (exact) mass is 318 g/mol. The number of aliphatic hydroxyl groups is 1. The molecule has 0 spiro atoms. The summed E-state index contributed by atoms with van der Waals surface area (Å²) in [5.41, 5.74) is 1.03. The summed E-state index contributed by atoms with van der Waals surface area (Å²) >= 11 is 5.96. The second-order valence-corrected chi connectivity index (χ2v) is 5.58. The van der Waals surface area contributed by atoms with Crippen LogP contribution >= 0.6 is 11.6 Å². The van der Waals surface area contributed by atoms with Crippen molar-refractivity contribution >= 4 is 17.4 Å². The Morgan fingerprint density at radius 1 is 1.32 bits per heavy atom. The van der Waals surface area contributed by atoms with Crippen LogP contribution in [0.15, 0.2) is 42.5 Å². The van der Waals surface area contributed by atoms with Gasteiger partial charge in [-0.1, -0.05) is 23.7 Å². The number of carbonyl (C=O) groups excluding carboxylic acids is 1. The lowest BCUT2D eigenvalue weighted by Gasteiger charge is -2.29. The molecule has 0 saturated carbocycles. The van der Waals surface area contributed by atoms with Crippen LogP contribution in [-0.4, -0.2) is 24.6 Å². The molecule has 0 saturated heterocycles. The summed E-state index contributed by atoms with van der Waals surface area (Å²) in [6, 6.07) is 11.9. The molecule has 2 unspecified atom stereocenters. The average Bonchev–Trinajstić information content (AvgIpc) is 2.55. The second-order valence-electron chi connectivity index (χ2n) is 5.14. The number of Topliss-reactive ketones (excluding diaryl/α,β-unsaturated/α-hetero) is 1. The molecule has 2 aromatic rings. The molecule has 0 radical (unpaired) electrons. The maximum Gasteiger partial charge on any atom is 0.172 e. The summed E-state index contributed by atoms with van der Waals surface area (Å²) in [6.45, 7) is 0.131. The van der Waals surface area contributed by atoms with Gasteiger partial charge in [0.1, 0.15) is 18.1 Å². The third-order valence-electron chi connectivity index (χ3n) is 3.78. The minimum Gasteiger partial charge on any atom is -0.497 e. The topological polar surface area (TPSA) is 55.8 Å². The van der Waals surface area contributed by atoms with E-state index in [-0.39, 0.29) is 12.4 Å². The number of hydrogen-bond donors (Lipinski definition) is 1. The summed E-state index contributed by atoms with van der Waals surface area (Å²) in [6.07, 6.45) is -0.943. The molecule has 0 amide bonds. The zero-order valence-corrected chi connectivity index (χ0v) is 12.7. The molecule has 0 bridgehead atoms. The number of ketones is 1. The van der Waals surface area contributed by atoms with Crippen LogP contribution in [0.25, 0.3) is 0 Å². The zero-order chi connectivity index (χ0) is 15.7. The van der Waals surface area contributed by atoms with E-state index in [1.807, 2.05) is 0 Å². The fourth-order valence-corrected chi connectivity index (χ4v) is 2.76. The largest absolute Gasteiger partial charge is 0.497 e. The first-order valence-electron chi connectivity index (χ1n) is 6.88. The van der Waals surface area contributed by atoms with Crippen molar-refractivity contribution in [3.63, 3.8) is 0 Å². The first-order valence-corrected chi connectivity index (χ1v) is 7.26. The summed E-state index contributed by atoms with van der Waals surface area (Å²) < 4.78 is 10.7. The maximum absolute atomic E-state index is 12.6. The predicted octanol–water partition coefficient (Wildman–Crippen LogP) is 3.27. The Morgan fingerprint density at radius 3 is 2.91 bits per heavy atom. The van der Waals surface area contributed by atoms with Crippen molar-refractivity contribution in [2.45, 2.75) is 6.10 Å². The number of ether oxygens (including phenoxy) is 2. The van der Waals surface area contributed by atoms with Crippen molar-refractivity contribution in [1.29, 1.82) is 0 Å². The Hall–Kier alpha value is -2.04.